The summed E-state index contributed by atoms with van der Waals surface area (Å²) in [5.41, 5.74) is 9.48. The maximum atomic E-state index is 14.1. The first-order chi connectivity index (χ1) is 31.8. The van der Waals surface area contributed by atoms with Crippen molar-refractivity contribution in [2.75, 3.05) is 10.6 Å². The molecule has 0 aliphatic rings. The van der Waals surface area contributed by atoms with Crippen LogP contribution in [0.5, 0.6) is 0 Å². The number of para-hydroxylation sites is 2. The van der Waals surface area contributed by atoms with Crippen LogP contribution in [-0.4, -0.2) is 49.2 Å². The van der Waals surface area contributed by atoms with Crippen LogP contribution in [0.3, 0.4) is 0 Å². The number of anilines is 2. The number of halogens is 1. The Bertz CT molecular complexity index is 3620. The van der Waals surface area contributed by atoms with Gasteiger partial charge in [0.05, 0.1) is 51.3 Å². The molecular formula is C48H35ClN12O2S2. The van der Waals surface area contributed by atoms with Gasteiger partial charge in [-0.1, -0.05) is 78.3 Å². The van der Waals surface area contributed by atoms with E-state index in [-0.39, 0.29) is 23.2 Å². The normalized spacial score (nSPS) is 12.2. The molecule has 14 nitrogen and oxygen atoms in total. The van der Waals surface area contributed by atoms with Gasteiger partial charge in [0.25, 0.3) is 11.1 Å². The van der Waals surface area contributed by atoms with Crippen LogP contribution < -0.4 is 21.8 Å². The zero-order valence-corrected chi connectivity index (χ0v) is 37.0. The molecule has 318 valence electrons. The summed E-state index contributed by atoms with van der Waals surface area (Å²) < 4.78 is 3.46. The number of aromatic nitrogens is 10. The number of rotatable bonds is 9. The molecule has 2 N–H and O–H groups in total. The minimum Gasteiger partial charge on any atom is -0.360 e. The Balaban J connectivity index is 0.000000155. The van der Waals surface area contributed by atoms with Crippen molar-refractivity contribution in [2.24, 2.45) is 0 Å². The number of thiazole rings is 2. The molecule has 0 spiro atoms. The van der Waals surface area contributed by atoms with E-state index in [1.165, 1.54) is 35.3 Å². The molecular weight excluding hydrogens is 876 g/mol. The van der Waals surface area contributed by atoms with E-state index in [4.69, 9.17) is 11.6 Å². The van der Waals surface area contributed by atoms with Crippen LogP contribution in [0.1, 0.15) is 37.3 Å². The van der Waals surface area contributed by atoms with Gasteiger partial charge in [0.1, 0.15) is 33.3 Å². The third-order valence-corrected chi connectivity index (χ3v) is 12.7. The molecule has 11 rings (SSSR count). The van der Waals surface area contributed by atoms with Crippen LogP contribution in [-0.2, 0) is 0 Å². The lowest BCUT2D eigenvalue weighted by Gasteiger charge is -2.22. The third-order valence-electron chi connectivity index (χ3n) is 10.9. The van der Waals surface area contributed by atoms with Gasteiger partial charge in [-0.15, -0.1) is 22.7 Å². The minimum absolute atomic E-state index is 0.105. The molecule has 17 heteroatoms. The minimum atomic E-state index is -0.252. The lowest BCUT2D eigenvalue weighted by atomic mass is 9.99. The molecule has 0 aliphatic heterocycles. The molecule has 0 unspecified atom stereocenters. The fraction of sp³-hybridized carbons (Fsp3) is 0.0833. The predicted molar refractivity (Wildman–Crippen MR) is 260 cm³/mol. The molecule has 4 aromatic carbocycles. The van der Waals surface area contributed by atoms with Crippen molar-refractivity contribution in [1.29, 1.82) is 0 Å². The lowest BCUT2D eigenvalue weighted by molar-refractivity contribution is 0.774. The van der Waals surface area contributed by atoms with E-state index in [0.29, 0.717) is 38.5 Å². The van der Waals surface area contributed by atoms with Gasteiger partial charge in [-0.25, -0.2) is 29.9 Å². The summed E-state index contributed by atoms with van der Waals surface area (Å²) in [5.74, 6) is 1.26. The van der Waals surface area contributed by atoms with Crippen molar-refractivity contribution in [3.8, 4) is 22.5 Å². The van der Waals surface area contributed by atoms with Gasteiger partial charge in [0, 0.05) is 28.3 Å². The molecule has 2 atom stereocenters. The van der Waals surface area contributed by atoms with Gasteiger partial charge in [0.2, 0.25) is 0 Å². The molecule has 0 bridgehead atoms. The van der Waals surface area contributed by atoms with Crippen LogP contribution in [0.2, 0.25) is 5.02 Å². The van der Waals surface area contributed by atoms with Gasteiger partial charge >= 0.3 is 0 Å². The molecule has 0 fully saturated rings. The molecule has 65 heavy (non-hydrogen) atoms. The summed E-state index contributed by atoms with van der Waals surface area (Å²) in [7, 11) is 0. The zero-order valence-electron chi connectivity index (χ0n) is 34.6. The molecule has 0 aliphatic carbocycles. The average molecular weight is 911 g/mol. The topological polar surface area (TPSA) is 171 Å². The number of pyridine rings is 2. The molecule has 7 aromatic heterocycles. The van der Waals surface area contributed by atoms with Crippen molar-refractivity contribution < 1.29 is 0 Å². The van der Waals surface area contributed by atoms with Crippen molar-refractivity contribution in [2.45, 2.75) is 25.9 Å². The monoisotopic (exact) mass is 910 g/mol. The van der Waals surface area contributed by atoms with Crippen LogP contribution in [0.4, 0.5) is 11.6 Å². The number of hydrogen-bond acceptors (Lipinski definition) is 14. The first-order valence-electron chi connectivity index (χ1n) is 20.4. The highest BCUT2D eigenvalue weighted by Gasteiger charge is 2.22. The second-order valence-electron chi connectivity index (χ2n) is 14.9. The standard InChI is InChI=1S/C26H19N7OS.C22H16ClN5OS/c1-16(32-24-23-25(28-14-27-24)35-15-29-23)21-12-17-6-5-9-20(18-10-11-30-31-13-18)22(17)26(34)33(21)19-7-3-2-4-8-19;1-13(27-20-19-21(25-11-24-20)30-12-26-19)17-10-14-6-5-9-16(23)18(14)22(29)28(17)15-7-3-2-4-8-15/h2-16H,1H3,(H,27,28,32);2-13H,1H3,(H,24,25,27)/t16-;13-/m00/s1. The van der Waals surface area contributed by atoms with E-state index in [0.717, 1.165) is 54.3 Å². The van der Waals surface area contributed by atoms with Crippen LogP contribution in [0, 0.1) is 0 Å². The quantitative estimate of drug-likeness (QED) is 0.141. The average Bonchev–Trinajstić information content (AvgIpc) is 4.04. The number of fused-ring (bicyclic) bond motifs is 4. The number of benzene rings is 4. The lowest BCUT2D eigenvalue weighted by Crippen LogP contribution is -2.26. The summed E-state index contributed by atoms with van der Waals surface area (Å²) >= 11 is 9.30. The number of hydrogen-bond donors (Lipinski definition) is 2. The molecule has 0 saturated carbocycles. The fourth-order valence-corrected chi connectivity index (χ4v) is 9.41. The van der Waals surface area contributed by atoms with E-state index >= 15 is 0 Å². The van der Waals surface area contributed by atoms with E-state index in [2.05, 4.69) is 56.8 Å². The van der Waals surface area contributed by atoms with Gasteiger partial charge in [-0.05, 0) is 78.7 Å². The predicted octanol–water partition coefficient (Wildman–Crippen LogP) is 10.2. The fourth-order valence-electron chi connectivity index (χ4n) is 7.89. The van der Waals surface area contributed by atoms with Crippen molar-refractivity contribution in [3.63, 3.8) is 0 Å². The Morgan fingerprint density at radius 1 is 0.569 bits per heavy atom. The third kappa shape index (κ3) is 7.94. The molecule has 11 aromatic rings. The van der Waals surface area contributed by atoms with Crippen molar-refractivity contribution in [3.05, 3.63) is 188 Å². The van der Waals surface area contributed by atoms with E-state index in [9.17, 15) is 9.59 Å². The van der Waals surface area contributed by atoms with E-state index in [1.807, 2.05) is 117 Å². The summed E-state index contributed by atoms with van der Waals surface area (Å²) in [5, 5.41) is 18.0. The summed E-state index contributed by atoms with van der Waals surface area (Å²) in [6.45, 7) is 4.00. The highest BCUT2D eigenvalue weighted by atomic mass is 35.5. The Morgan fingerprint density at radius 3 is 1.63 bits per heavy atom. The van der Waals surface area contributed by atoms with E-state index in [1.54, 1.807) is 38.6 Å². The van der Waals surface area contributed by atoms with Crippen molar-refractivity contribution in [1.82, 2.24) is 49.2 Å². The van der Waals surface area contributed by atoms with E-state index < -0.39 is 0 Å². The zero-order chi connectivity index (χ0) is 44.4. The van der Waals surface area contributed by atoms with Crippen LogP contribution >= 0.6 is 34.3 Å². The Morgan fingerprint density at radius 2 is 1.09 bits per heavy atom. The Labute approximate surface area is 383 Å². The van der Waals surface area contributed by atoms with Crippen molar-refractivity contribution >= 4 is 88.1 Å². The smallest absolute Gasteiger partial charge is 0.264 e. The summed E-state index contributed by atoms with van der Waals surface area (Å²) in [4.78, 5) is 55.3. The molecule has 0 amide bonds. The maximum absolute atomic E-state index is 14.1. The second kappa shape index (κ2) is 17.8. The maximum Gasteiger partial charge on any atom is 0.264 e. The summed E-state index contributed by atoms with van der Waals surface area (Å²) in [6.07, 6.45) is 6.34. The largest absolute Gasteiger partial charge is 0.360 e. The molecule has 0 radical (unpaired) electrons. The highest BCUT2D eigenvalue weighted by molar-refractivity contribution is 7.16. The second-order valence-corrected chi connectivity index (χ2v) is 17.0. The van der Waals surface area contributed by atoms with Crippen LogP contribution in [0.25, 0.3) is 64.7 Å². The Kier molecular flexibility index (Phi) is 11.3. The number of nitrogens with zero attached hydrogens (tertiary/aromatic N) is 10. The van der Waals surface area contributed by atoms with Gasteiger partial charge in [-0.2, -0.15) is 10.2 Å². The van der Waals surface area contributed by atoms with Gasteiger partial charge in [0.15, 0.2) is 11.6 Å². The first kappa shape index (κ1) is 41.2. The highest BCUT2D eigenvalue weighted by Crippen LogP contribution is 2.32. The SMILES string of the molecule is C[C@H](Nc1ncnc2scnc12)c1cc2cccc(-c3ccnnc3)c2c(=O)n1-c1ccccc1.C[C@H](Nc1ncnc2scnc12)c1cc2cccc(Cl)c2c(=O)n1-c1ccccc1. The Hall–Kier alpha value is -7.79. The molecule has 0 saturated heterocycles. The first-order valence-corrected chi connectivity index (χ1v) is 22.5. The van der Waals surface area contributed by atoms with Gasteiger partial charge in [-0.3, -0.25) is 18.7 Å². The van der Waals surface area contributed by atoms with Gasteiger partial charge < -0.3 is 10.6 Å². The summed E-state index contributed by atoms with van der Waals surface area (Å²) in [6, 6.07) is 36.0. The van der Waals surface area contributed by atoms with Crippen LogP contribution in [0.15, 0.2) is 161 Å². The number of nitrogens with one attached hydrogen (secondary N) is 2. The molecule has 7 heterocycles.